The van der Waals surface area contributed by atoms with E-state index in [0.717, 1.165) is 0 Å². The van der Waals surface area contributed by atoms with E-state index in [9.17, 15) is 9.59 Å². The lowest BCUT2D eigenvalue weighted by Crippen LogP contribution is -2.31. The molecular weight excluding hydrogens is 120 g/mol. The van der Waals surface area contributed by atoms with Gasteiger partial charge in [0.05, 0.1) is 0 Å². The smallest absolute Gasteiger partial charge is 0.209 e. The molecule has 0 bridgehead atoms. The van der Waals surface area contributed by atoms with Crippen LogP contribution in [0.1, 0.15) is 13.3 Å². The highest BCUT2D eigenvalue weighted by molar-refractivity contribution is 5.53. The van der Waals surface area contributed by atoms with Crippen LogP contribution >= 0.6 is 0 Å². The zero-order valence-electron chi connectivity index (χ0n) is 5.18. The monoisotopic (exact) mass is 129 g/mol. The predicted molar refractivity (Wildman–Crippen MR) is 31.9 cm³/mol. The van der Waals surface area contributed by atoms with Gasteiger partial charge in [-0.15, -0.1) is 0 Å². The highest BCUT2D eigenvalue weighted by atomic mass is 16.1. The van der Waals surface area contributed by atoms with Crippen molar-refractivity contribution in [2.75, 3.05) is 0 Å². The summed E-state index contributed by atoms with van der Waals surface area (Å²) in [6.45, 7) is 1.82. The van der Waals surface area contributed by atoms with E-state index in [1.54, 1.807) is 0 Å². The summed E-state index contributed by atoms with van der Waals surface area (Å²) in [5, 5.41) is 4.65. The van der Waals surface area contributed by atoms with E-state index in [0.29, 0.717) is 25.4 Å². The Morgan fingerprint density at radius 1 is 1.33 bits per heavy atom. The Labute approximate surface area is 53.6 Å². The Balaban J connectivity index is 3.39. The summed E-state index contributed by atoms with van der Waals surface area (Å²) >= 11 is 0. The minimum absolute atomic E-state index is 0.514. The maximum Gasteiger partial charge on any atom is 0.209 e. The minimum atomic E-state index is 0.514. The lowest BCUT2D eigenvalue weighted by Gasteiger charge is -2.08. The molecule has 1 radical (unpaired) electrons. The second-order valence-electron chi connectivity index (χ2n) is 1.36. The molecule has 0 aromatic heterocycles. The number of nitrogens with one attached hydrogen (secondary N) is 2. The van der Waals surface area contributed by atoms with Crippen molar-refractivity contribution in [2.45, 2.75) is 13.3 Å². The molecule has 2 amide bonds. The van der Waals surface area contributed by atoms with Gasteiger partial charge >= 0.3 is 0 Å². The first-order valence-corrected chi connectivity index (χ1v) is 2.61. The zero-order chi connectivity index (χ0) is 7.11. The van der Waals surface area contributed by atoms with Crippen LogP contribution in [-0.2, 0) is 9.59 Å². The summed E-state index contributed by atoms with van der Waals surface area (Å²) in [4.78, 5) is 19.5. The van der Waals surface area contributed by atoms with Crippen LogP contribution in [0.4, 0.5) is 0 Å². The van der Waals surface area contributed by atoms with Crippen molar-refractivity contribution in [2.24, 2.45) is 0 Å². The van der Waals surface area contributed by atoms with Gasteiger partial charge in [-0.05, 0) is 6.42 Å². The molecule has 4 heteroatoms. The molecule has 0 rings (SSSR count). The van der Waals surface area contributed by atoms with Crippen molar-refractivity contribution in [3.05, 3.63) is 6.17 Å². The third-order valence-electron chi connectivity index (χ3n) is 0.820. The molecule has 2 N–H and O–H groups in total. The van der Waals surface area contributed by atoms with E-state index in [4.69, 9.17) is 0 Å². The molecule has 9 heavy (non-hydrogen) atoms. The Morgan fingerprint density at radius 2 is 1.78 bits per heavy atom. The first-order chi connectivity index (χ1) is 4.35. The lowest BCUT2D eigenvalue weighted by molar-refractivity contribution is -0.110. The maximum atomic E-state index is 9.76. The molecule has 0 atom stereocenters. The van der Waals surface area contributed by atoms with Gasteiger partial charge in [0, 0.05) is 0 Å². The Morgan fingerprint density at radius 3 is 2.00 bits per heavy atom. The molecular formula is C5H9N2O2. The summed E-state index contributed by atoms with van der Waals surface area (Å²) < 4.78 is 0. The van der Waals surface area contributed by atoms with Gasteiger partial charge < -0.3 is 10.6 Å². The van der Waals surface area contributed by atoms with Crippen molar-refractivity contribution in [1.82, 2.24) is 10.6 Å². The molecule has 0 aromatic carbocycles. The summed E-state index contributed by atoms with van der Waals surface area (Å²) in [5.41, 5.74) is 0. The quantitative estimate of drug-likeness (QED) is 0.486. The molecule has 0 heterocycles. The van der Waals surface area contributed by atoms with Gasteiger partial charge in [0.1, 0.15) is 0 Å². The average molecular weight is 129 g/mol. The number of rotatable bonds is 5. The predicted octanol–water partition coefficient (Wildman–Crippen LogP) is -0.622. The Bertz CT molecular complexity index is 85.0. The first-order valence-electron chi connectivity index (χ1n) is 2.61. The van der Waals surface area contributed by atoms with Gasteiger partial charge in [-0.3, -0.25) is 9.59 Å². The van der Waals surface area contributed by atoms with E-state index < -0.39 is 0 Å². The molecule has 0 spiro atoms. The van der Waals surface area contributed by atoms with Crippen LogP contribution in [-0.4, -0.2) is 12.8 Å². The van der Waals surface area contributed by atoms with E-state index in [2.05, 4.69) is 10.6 Å². The van der Waals surface area contributed by atoms with Crippen LogP contribution in [0.25, 0.3) is 0 Å². The van der Waals surface area contributed by atoms with Crippen LogP contribution < -0.4 is 10.6 Å². The molecule has 0 fully saturated rings. The maximum absolute atomic E-state index is 9.76. The third-order valence-corrected chi connectivity index (χ3v) is 0.820. The summed E-state index contributed by atoms with van der Waals surface area (Å²) in [7, 11) is 0. The van der Waals surface area contributed by atoms with Crippen molar-refractivity contribution in [3.63, 3.8) is 0 Å². The average Bonchev–Trinajstić information content (AvgIpc) is 1.88. The summed E-state index contributed by atoms with van der Waals surface area (Å²) in [6, 6.07) is 0. The molecule has 0 aliphatic rings. The number of carbonyl (C=O) groups excluding carboxylic acids is 2. The number of carbonyl (C=O) groups is 2. The van der Waals surface area contributed by atoms with E-state index >= 15 is 0 Å². The van der Waals surface area contributed by atoms with Gasteiger partial charge in [0.2, 0.25) is 12.8 Å². The molecule has 4 nitrogen and oxygen atoms in total. The SMILES string of the molecule is CC[C](NC=O)NC=O. The molecule has 0 saturated carbocycles. The van der Waals surface area contributed by atoms with Gasteiger partial charge in [0.25, 0.3) is 0 Å². The van der Waals surface area contributed by atoms with E-state index in [1.165, 1.54) is 0 Å². The van der Waals surface area contributed by atoms with Crippen molar-refractivity contribution in [3.8, 4) is 0 Å². The summed E-state index contributed by atoms with van der Waals surface area (Å²) in [5.74, 6) is 0. The van der Waals surface area contributed by atoms with Crippen LogP contribution in [0.3, 0.4) is 0 Å². The fraction of sp³-hybridized carbons (Fsp3) is 0.400. The first kappa shape index (κ1) is 7.94. The minimum Gasteiger partial charge on any atom is -0.332 e. The van der Waals surface area contributed by atoms with Crippen molar-refractivity contribution in [1.29, 1.82) is 0 Å². The standard InChI is InChI=1S/C5H9N2O2/c1-2-5(6-3-8)7-4-9/h3-4H,2H2,1H3,(H,6,8)(H,7,9). The Hall–Kier alpha value is -1.06. The van der Waals surface area contributed by atoms with Crippen molar-refractivity contribution >= 4 is 12.8 Å². The number of amides is 2. The summed E-state index contributed by atoms with van der Waals surface area (Å²) in [6.07, 6.45) is 2.17. The zero-order valence-corrected chi connectivity index (χ0v) is 5.18. The van der Waals surface area contributed by atoms with Crippen LogP contribution in [0.5, 0.6) is 0 Å². The molecule has 0 aliphatic carbocycles. The highest BCUT2D eigenvalue weighted by Gasteiger charge is 2.00. The molecule has 0 aliphatic heterocycles. The molecule has 51 valence electrons. The fourth-order valence-electron chi connectivity index (χ4n) is 0.388. The number of hydrogen-bond acceptors (Lipinski definition) is 2. The van der Waals surface area contributed by atoms with Crippen LogP contribution in [0.15, 0.2) is 0 Å². The molecule has 0 saturated heterocycles. The van der Waals surface area contributed by atoms with E-state index in [1.807, 2.05) is 6.92 Å². The van der Waals surface area contributed by atoms with Crippen LogP contribution in [0.2, 0.25) is 0 Å². The largest absolute Gasteiger partial charge is 0.332 e. The van der Waals surface area contributed by atoms with E-state index in [-0.39, 0.29) is 0 Å². The normalized spacial score (nSPS) is 8.67. The number of hydrogen-bond donors (Lipinski definition) is 2. The second kappa shape index (κ2) is 5.08. The molecule has 0 unspecified atom stereocenters. The molecule has 0 aromatic rings. The topological polar surface area (TPSA) is 58.2 Å². The second-order valence-corrected chi connectivity index (χ2v) is 1.36. The fourth-order valence-corrected chi connectivity index (χ4v) is 0.388. The van der Waals surface area contributed by atoms with Crippen LogP contribution in [0, 0.1) is 6.17 Å². The van der Waals surface area contributed by atoms with Gasteiger partial charge in [-0.2, -0.15) is 0 Å². The highest BCUT2D eigenvalue weighted by Crippen LogP contribution is 1.90. The third kappa shape index (κ3) is 3.52. The lowest BCUT2D eigenvalue weighted by atomic mass is 10.4. The van der Waals surface area contributed by atoms with Gasteiger partial charge in [-0.25, -0.2) is 0 Å². The van der Waals surface area contributed by atoms with Gasteiger partial charge in [-0.1, -0.05) is 6.92 Å². The van der Waals surface area contributed by atoms with Crippen molar-refractivity contribution < 1.29 is 9.59 Å². The Kier molecular flexibility index (Phi) is 4.49. The van der Waals surface area contributed by atoms with Gasteiger partial charge in [0.15, 0.2) is 6.17 Å².